The number of aryl methyl sites for hydroxylation is 1. The Morgan fingerprint density at radius 1 is 1.14 bits per heavy atom. The van der Waals surface area contributed by atoms with Crippen molar-refractivity contribution in [2.24, 2.45) is 0 Å². The van der Waals surface area contributed by atoms with E-state index in [0.717, 1.165) is 22.2 Å². The second-order valence-electron chi connectivity index (χ2n) is 9.10. The van der Waals surface area contributed by atoms with Gasteiger partial charge in [-0.25, -0.2) is 4.39 Å². The fraction of sp³-hybridized carbons (Fsp3) is 0.286. The molecule has 4 aromatic rings. The quantitative estimate of drug-likeness (QED) is 0.300. The highest BCUT2D eigenvalue weighted by molar-refractivity contribution is 5.80. The molecule has 1 aliphatic carbocycles. The van der Waals surface area contributed by atoms with Crippen molar-refractivity contribution >= 4 is 16.9 Å². The molecule has 8 heteroatoms. The third kappa shape index (κ3) is 3.92. The second kappa shape index (κ2) is 8.86. The molecule has 7 nitrogen and oxygen atoms in total. The van der Waals surface area contributed by atoms with Crippen LogP contribution in [0.2, 0.25) is 0 Å². The summed E-state index contributed by atoms with van der Waals surface area (Å²) >= 11 is 0. The summed E-state index contributed by atoms with van der Waals surface area (Å²) in [7, 11) is 1.38. The lowest BCUT2D eigenvalue weighted by Gasteiger charge is -2.17. The monoisotopic (exact) mass is 489 g/mol. The van der Waals surface area contributed by atoms with Crippen LogP contribution in [0.4, 0.5) is 4.39 Å². The third-order valence-electron chi connectivity index (χ3n) is 6.87. The molecule has 6 rings (SSSR count). The number of nitrogens with zero attached hydrogens (tertiary/aromatic N) is 1. The van der Waals surface area contributed by atoms with E-state index < -0.39 is 6.10 Å². The lowest BCUT2D eigenvalue weighted by atomic mass is 9.98. The number of ether oxygens (including phenoxy) is 4. The number of aromatic nitrogens is 1. The van der Waals surface area contributed by atoms with Gasteiger partial charge >= 0.3 is 5.97 Å². The Balaban J connectivity index is 1.22. The minimum Gasteiger partial charge on any atom is -0.492 e. The lowest BCUT2D eigenvalue weighted by Crippen LogP contribution is -2.09. The molecule has 0 saturated carbocycles. The zero-order valence-electron chi connectivity index (χ0n) is 19.9. The van der Waals surface area contributed by atoms with Crippen molar-refractivity contribution in [1.29, 1.82) is 0 Å². The first-order chi connectivity index (χ1) is 17.5. The SMILES string of the molecule is COC(=O)CC1COc2cc(OC3CCc4c(Oc5ccc6c(C)noc6c5)ccc(F)c43)ccc21. The molecule has 0 saturated heterocycles. The Kier molecular flexibility index (Phi) is 5.51. The Labute approximate surface area is 206 Å². The highest BCUT2D eigenvalue weighted by Crippen LogP contribution is 2.44. The molecule has 0 spiro atoms. The number of carbonyl (C=O) groups is 1. The molecule has 1 aliphatic heterocycles. The summed E-state index contributed by atoms with van der Waals surface area (Å²) in [4.78, 5) is 11.7. The molecule has 2 aliphatic rings. The maximum atomic E-state index is 15.0. The van der Waals surface area contributed by atoms with Gasteiger partial charge in [-0.1, -0.05) is 11.2 Å². The van der Waals surface area contributed by atoms with Gasteiger partial charge in [0.05, 0.1) is 25.8 Å². The molecular formula is C28H24FNO6. The van der Waals surface area contributed by atoms with Crippen LogP contribution >= 0.6 is 0 Å². The maximum absolute atomic E-state index is 15.0. The zero-order valence-corrected chi connectivity index (χ0v) is 19.9. The first-order valence-corrected chi connectivity index (χ1v) is 11.9. The van der Waals surface area contributed by atoms with E-state index in [1.807, 2.05) is 31.2 Å². The lowest BCUT2D eigenvalue weighted by molar-refractivity contribution is -0.141. The number of benzene rings is 3. The van der Waals surface area contributed by atoms with E-state index in [9.17, 15) is 9.18 Å². The maximum Gasteiger partial charge on any atom is 0.306 e. The number of carbonyl (C=O) groups excluding carboxylic acids is 1. The highest BCUT2D eigenvalue weighted by atomic mass is 19.1. The van der Waals surface area contributed by atoms with E-state index in [2.05, 4.69) is 5.16 Å². The van der Waals surface area contributed by atoms with Crippen LogP contribution in [0.1, 0.15) is 47.2 Å². The van der Waals surface area contributed by atoms with Crippen molar-refractivity contribution in [3.8, 4) is 23.0 Å². The number of fused-ring (bicyclic) bond motifs is 3. The molecule has 36 heavy (non-hydrogen) atoms. The second-order valence-corrected chi connectivity index (χ2v) is 9.10. The molecule has 2 atom stereocenters. The third-order valence-corrected chi connectivity index (χ3v) is 6.87. The largest absolute Gasteiger partial charge is 0.492 e. The van der Waals surface area contributed by atoms with Gasteiger partial charge in [0.25, 0.3) is 0 Å². The van der Waals surface area contributed by atoms with Gasteiger partial charge in [-0.05, 0) is 50.1 Å². The minimum atomic E-state index is -0.451. The standard InChI is InChI=1S/C28H24FNO6/c1-15-19-5-3-18(13-26(19)36-30-15)34-23-10-8-22(29)28-21(23)7-9-24(28)35-17-4-6-20-16(11-27(31)32-2)14-33-25(20)12-17/h3-6,8,10,12-13,16,24H,7,9,11,14H2,1-2H3. The van der Waals surface area contributed by atoms with Gasteiger partial charge in [0.2, 0.25) is 0 Å². The Hall–Kier alpha value is -4.07. The molecule has 0 fully saturated rings. The van der Waals surface area contributed by atoms with Gasteiger partial charge in [0, 0.05) is 40.1 Å². The smallest absolute Gasteiger partial charge is 0.306 e. The molecule has 0 radical (unpaired) electrons. The van der Waals surface area contributed by atoms with Crippen LogP contribution in [0.5, 0.6) is 23.0 Å². The topological polar surface area (TPSA) is 80.0 Å². The first-order valence-electron chi connectivity index (χ1n) is 11.9. The van der Waals surface area contributed by atoms with Gasteiger partial charge in [0.15, 0.2) is 5.58 Å². The van der Waals surface area contributed by atoms with Crippen LogP contribution in [0.15, 0.2) is 53.1 Å². The molecule has 1 aromatic heterocycles. The molecular weight excluding hydrogens is 465 g/mol. The van der Waals surface area contributed by atoms with Crippen LogP contribution in [-0.4, -0.2) is 24.8 Å². The predicted octanol–water partition coefficient (Wildman–Crippen LogP) is 6.17. The number of rotatable bonds is 6. The Bertz CT molecular complexity index is 1480. The summed E-state index contributed by atoms with van der Waals surface area (Å²) in [5.41, 5.74) is 3.70. The summed E-state index contributed by atoms with van der Waals surface area (Å²) in [6.45, 7) is 2.29. The number of hydrogen-bond donors (Lipinski definition) is 0. The van der Waals surface area contributed by atoms with E-state index in [1.54, 1.807) is 18.2 Å². The molecule has 184 valence electrons. The van der Waals surface area contributed by atoms with Crippen molar-refractivity contribution in [2.45, 2.75) is 38.2 Å². The fourth-order valence-corrected chi connectivity index (χ4v) is 5.04. The number of halogens is 1. The molecule has 2 unspecified atom stereocenters. The fourth-order valence-electron chi connectivity index (χ4n) is 5.04. The van der Waals surface area contributed by atoms with E-state index in [4.69, 9.17) is 23.5 Å². The summed E-state index contributed by atoms with van der Waals surface area (Å²) in [5, 5.41) is 4.91. The van der Waals surface area contributed by atoms with Crippen molar-refractivity contribution in [3.63, 3.8) is 0 Å². The number of methoxy groups -OCH3 is 1. The van der Waals surface area contributed by atoms with Crippen LogP contribution in [0.25, 0.3) is 11.0 Å². The predicted molar refractivity (Wildman–Crippen MR) is 128 cm³/mol. The van der Waals surface area contributed by atoms with Gasteiger partial charge < -0.3 is 23.5 Å². The Morgan fingerprint density at radius 2 is 2.00 bits per heavy atom. The van der Waals surface area contributed by atoms with Crippen molar-refractivity contribution in [2.75, 3.05) is 13.7 Å². The highest BCUT2D eigenvalue weighted by Gasteiger charge is 2.32. The van der Waals surface area contributed by atoms with Crippen LogP contribution in [0, 0.1) is 12.7 Å². The normalized spacial score (nSPS) is 18.0. The van der Waals surface area contributed by atoms with Crippen LogP contribution < -0.4 is 14.2 Å². The van der Waals surface area contributed by atoms with Gasteiger partial charge in [0.1, 0.15) is 34.9 Å². The molecule has 0 N–H and O–H groups in total. The minimum absolute atomic E-state index is 0.0500. The first kappa shape index (κ1) is 22.4. The van der Waals surface area contributed by atoms with E-state index in [-0.39, 0.29) is 24.1 Å². The molecule has 2 heterocycles. The molecule has 3 aromatic carbocycles. The van der Waals surface area contributed by atoms with Crippen LogP contribution in [0.3, 0.4) is 0 Å². The summed E-state index contributed by atoms with van der Waals surface area (Å²) in [6.07, 6.45) is 1.06. The Morgan fingerprint density at radius 3 is 2.86 bits per heavy atom. The number of hydrogen-bond acceptors (Lipinski definition) is 7. The average Bonchev–Trinajstić information content (AvgIpc) is 3.59. The van der Waals surface area contributed by atoms with Gasteiger partial charge in [-0.15, -0.1) is 0 Å². The van der Waals surface area contributed by atoms with E-state index >= 15 is 0 Å². The van der Waals surface area contributed by atoms with E-state index in [0.29, 0.717) is 53.6 Å². The average molecular weight is 489 g/mol. The van der Waals surface area contributed by atoms with Crippen molar-refractivity contribution in [1.82, 2.24) is 5.16 Å². The summed E-state index contributed by atoms with van der Waals surface area (Å²) < 4.78 is 43.2. The molecule has 0 amide bonds. The van der Waals surface area contributed by atoms with Crippen molar-refractivity contribution in [3.05, 3.63) is 76.7 Å². The summed E-state index contributed by atoms with van der Waals surface area (Å²) in [6, 6.07) is 14.1. The van der Waals surface area contributed by atoms with Gasteiger partial charge in [-0.3, -0.25) is 4.79 Å². The van der Waals surface area contributed by atoms with E-state index in [1.165, 1.54) is 13.2 Å². The van der Waals surface area contributed by atoms with Crippen molar-refractivity contribution < 1.29 is 32.7 Å². The molecule has 0 bridgehead atoms. The van der Waals surface area contributed by atoms with Gasteiger partial charge in [-0.2, -0.15) is 0 Å². The van der Waals surface area contributed by atoms with Crippen LogP contribution in [-0.2, 0) is 16.0 Å². The summed E-state index contributed by atoms with van der Waals surface area (Å²) in [5.74, 6) is 1.80. The number of esters is 1. The zero-order chi connectivity index (χ0) is 24.8.